The standard InChI is InChI=1S/C18H27NO2/c1-12-8-13(2)10-16(9-12)19-14(3)15-4-5-17-18(11-15)21-7-6-20-17/h4-5,11-14,16,19H,6-10H2,1-3H3. The van der Waals surface area contributed by atoms with Crippen molar-refractivity contribution in [1.29, 1.82) is 0 Å². The van der Waals surface area contributed by atoms with Gasteiger partial charge in [-0.1, -0.05) is 19.9 Å². The lowest BCUT2D eigenvalue weighted by Crippen LogP contribution is -2.37. The molecule has 0 aromatic heterocycles. The Morgan fingerprint density at radius 3 is 2.38 bits per heavy atom. The zero-order chi connectivity index (χ0) is 14.8. The molecule has 2 aliphatic rings. The van der Waals surface area contributed by atoms with Gasteiger partial charge in [0.15, 0.2) is 11.5 Å². The summed E-state index contributed by atoms with van der Waals surface area (Å²) < 4.78 is 11.3. The SMILES string of the molecule is CC1CC(C)CC(NC(C)c2ccc3c(c2)OCCO3)C1. The second kappa shape index (κ2) is 6.27. The second-order valence-corrected chi connectivity index (χ2v) is 6.91. The molecule has 3 unspecified atom stereocenters. The molecule has 1 N–H and O–H groups in total. The smallest absolute Gasteiger partial charge is 0.161 e. The van der Waals surface area contributed by atoms with Gasteiger partial charge in [-0.3, -0.25) is 0 Å². The predicted octanol–water partition coefficient (Wildman–Crippen LogP) is 3.93. The van der Waals surface area contributed by atoms with Gasteiger partial charge in [-0.15, -0.1) is 0 Å². The molecular weight excluding hydrogens is 262 g/mol. The molecular formula is C18H27NO2. The number of rotatable bonds is 3. The number of nitrogens with one attached hydrogen (secondary N) is 1. The van der Waals surface area contributed by atoms with Crippen molar-refractivity contribution < 1.29 is 9.47 Å². The molecule has 1 saturated carbocycles. The Balaban J connectivity index is 1.66. The molecule has 0 saturated heterocycles. The Morgan fingerprint density at radius 2 is 1.67 bits per heavy atom. The van der Waals surface area contributed by atoms with Crippen LogP contribution in [0.4, 0.5) is 0 Å². The van der Waals surface area contributed by atoms with E-state index in [-0.39, 0.29) is 0 Å². The highest BCUT2D eigenvalue weighted by molar-refractivity contribution is 5.44. The number of fused-ring (bicyclic) bond motifs is 1. The Labute approximate surface area is 128 Å². The molecule has 3 nitrogen and oxygen atoms in total. The Morgan fingerprint density at radius 1 is 1.00 bits per heavy atom. The monoisotopic (exact) mass is 289 g/mol. The van der Waals surface area contributed by atoms with Crippen molar-refractivity contribution in [3.63, 3.8) is 0 Å². The summed E-state index contributed by atoms with van der Waals surface area (Å²) >= 11 is 0. The van der Waals surface area contributed by atoms with Crippen LogP contribution in [0.2, 0.25) is 0 Å². The summed E-state index contributed by atoms with van der Waals surface area (Å²) in [6.07, 6.45) is 3.95. The number of benzene rings is 1. The highest BCUT2D eigenvalue weighted by Gasteiger charge is 2.25. The lowest BCUT2D eigenvalue weighted by molar-refractivity contribution is 0.171. The van der Waals surface area contributed by atoms with Gasteiger partial charge in [-0.05, 0) is 55.7 Å². The van der Waals surface area contributed by atoms with Crippen LogP contribution in [0, 0.1) is 11.8 Å². The van der Waals surface area contributed by atoms with E-state index in [0.717, 1.165) is 23.3 Å². The molecule has 1 aromatic carbocycles. The molecule has 21 heavy (non-hydrogen) atoms. The van der Waals surface area contributed by atoms with E-state index in [1.807, 2.05) is 6.07 Å². The molecule has 3 rings (SSSR count). The maximum atomic E-state index is 5.69. The van der Waals surface area contributed by atoms with Crippen molar-refractivity contribution in [3.8, 4) is 11.5 Å². The van der Waals surface area contributed by atoms with E-state index >= 15 is 0 Å². The molecule has 1 aromatic rings. The Bertz CT molecular complexity index is 478. The van der Waals surface area contributed by atoms with Crippen molar-refractivity contribution >= 4 is 0 Å². The second-order valence-electron chi connectivity index (χ2n) is 6.91. The van der Waals surface area contributed by atoms with Crippen molar-refractivity contribution in [1.82, 2.24) is 5.32 Å². The lowest BCUT2D eigenvalue weighted by Gasteiger charge is -2.34. The molecule has 1 aliphatic heterocycles. The molecule has 1 heterocycles. The molecule has 3 atom stereocenters. The predicted molar refractivity (Wildman–Crippen MR) is 84.9 cm³/mol. The van der Waals surface area contributed by atoms with E-state index in [1.165, 1.54) is 24.8 Å². The van der Waals surface area contributed by atoms with Gasteiger partial charge in [0.05, 0.1) is 0 Å². The van der Waals surface area contributed by atoms with Gasteiger partial charge in [0.25, 0.3) is 0 Å². The topological polar surface area (TPSA) is 30.5 Å². The summed E-state index contributed by atoms with van der Waals surface area (Å²) in [5.41, 5.74) is 1.28. The summed E-state index contributed by atoms with van der Waals surface area (Å²) in [6.45, 7) is 8.29. The molecule has 1 fully saturated rings. The van der Waals surface area contributed by atoms with Gasteiger partial charge >= 0.3 is 0 Å². The van der Waals surface area contributed by atoms with E-state index in [0.29, 0.717) is 25.3 Å². The summed E-state index contributed by atoms with van der Waals surface area (Å²) in [7, 11) is 0. The quantitative estimate of drug-likeness (QED) is 0.914. The fourth-order valence-corrected chi connectivity index (χ4v) is 3.86. The van der Waals surface area contributed by atoms with Crippen LogP contribution in [0.25, 0.3) is 0 Å². The first-order chi connectivity index (χ1) is 10.1. The zero-order valence-corrected chi connectivity index (χ0v) is 13.4. The van der Waals surface area contributed by atoms with Crippen LogP contribution in [0.15, 0.2) is 18.2 Å². The average Bonchev–Trinajstić information content (AvgIpc) is 2.45. The number of hydrogen-bond donors (Lipinski definition) is 1. The summed E-state index contributed by atoms with van der Waals surface area (Å²) in [6, 6.07) is 7.30. The van der Waals surface area contributed by atoms with E-state index in [1.54, 1.807) is 0 Å². The van der Waals surface area contributed by atoms with Crippen LogP contribution in [0.1, 0.15) is 51.6 Å². The summed E-state index contributed by atoms with van der Waals surface area (Å²) in [5, 5.41) is 3.81. The van der Waals surface area contributed by atoms with Gasteiger partial charge in [-0.2, -0.15) is 0 Å². The van der Waals surface area contributed by atoms with Gasteiger partial charge < -0.3 is 14.8 Å². The first kappa shape index (κ1) is 14.7. The Kier molecular flexibility index (Phi) is 4.39. The molecule has 3 heteroatoms. The zero-order valence-electron chi connectivity index (χ0n) is 13.4. The maximum Gasteiger partial charge on any atom is 0.161 e. The minimum Gasteiger partial charge on any atom is -0.486 e. The normalized spacial score (nSPS) is 30.0. The van der Waals surface area contributed by atoms with Crippen molar-refractivity contribution in [3.05, 3.63) is 23.8 Å². The van der Waals surface area contributed by atoms with Gasteiger partial charge in [0.1, 0.15) is 13.2 Å². The molecule has 1 aliphatic carbocycles. The molecule has 116 valence electrons. The number of ether oxygens (including phenoxy) is 2. The average molecular weight is 289 g/mol. The van der Waals surface area contributed by atoms with E-state index in [4.69, 9.17) is 9.47 Å². The lowest BCUT2D eigenvalue weighted by atomic mass is 9.80. The molecule has 0 spiro atoms. The minimum absolute atomic E-state index is 0.350. The summed E-state index contributed by atoms with van der Waals surface area (Å²) in [5.74, 6) is 3.42. The highest BCUT2D eigenvalue weighted by Crippen LogP contribution is 2.34. The van der Waals surface area contributed by atoms with Crippen LogP contribution in [0.5, 0.6) is 11.5 Å². The van der Waals surface area contributed by atoms with Crippen molar-refractivity contribution in [2.45, 2.75) is 52.1 Å². The Hall–Kier alpha value is -1.22. The molecule has 0 bridgehead atoms. The third kappa shape index (κ3) is 3.52. The van der Waals surface area contributed by atoms with Crippen molar-refractivity contribution in [2.24, 2.45) is 11.8 Å². The van der Waals surface area contributed by atoms with E-state index in [9.17, 15) is 0 Å². The van der Waals surface area contributed by atoms with Crippen LogP contribution >= 0.6 is 0 Å². The van der Waals surface area contributed by atoms with Gasteiger partial charge in [0, 0.05) is 12.1 Å². The third-order valence-corrected chi connectivity index (χ3v) is 4.73. The molecule has 0 amide bonds. The van der Waals surface area contributed by atoms with Crippen molar-refractivity contribution in [2.75, 3.05) is 13.2 Å². The van der Waals surface area contributed by atoms with Crippen LogP contribution in [0.3, 0.4) is 0 Å². The first-order valence-electron chi connectivity index (χ1n) is 8.27. The van der Waals surface area contributed by atoms with E-state index < -0.39 is 0 Å². The van der Waals surface area contributed by atoms with Crippen LogP contribution in [-0.4, -0.2) is 19.3 Å². The van der Waals surface area contributed by atoms with Crippen LogP contribution in [-0.2, 0) is 0 Å². The minimum atomic E-state index is 0.350. The van der Waals surface area contributed by atoms with E-state index in [2.05, 4.69) is 38.2 Å². The van der Waals surface area contributed by atoms with Crippen LogP contribution < -0.4 is 14.8 Å². The highest BCUT2D eigenvalue weighted by atomic mass is 16.6. The van der Waals surface area contributed by atoms with Gasteiger partial charge in [-0.25, -0.2) is 0 Å². The fourth-order valence-electron chi connectivity index (χ4n) is 3.86. The summed E-state index contributed by atoms with van der Waals surface area (Å²) in [4.78, 5) is 0. The largest absolute Gasteiger partial charge is 0.486 e. The molecule has 0 radical (unpaired) electrons. The van der Waals surface area contributed by atoms with Gasteiger partial charge in [0.2, 0.25) is 0 Å². The maximum absolute atomic E-state index is 5.69. The third-order valence-electron chi connectivity index (χ3n) is 4.73. The fraction of sp³-hybridized carbons (Fsp3) is 0.667. The number of hydrogen-bond acceptors (Lipinski definition) is 3. The first-order valence-corrected chi connectivity index (χ1v) is 8.27.